The molecular weight excluding hydrogens is 208 g/mol. The van der Waals surface area contributed by atoms with Gasteiger partial charge in [-0.05, 0) is 6.58 Å². The van der Waals surface area contributed by atoms with E-state index in [-0.39, 0.29) is 0 Å². The number of aromatic nitrogens is 1. The standard InChI is InChI=1S/C15H17N2/c1-3-17(2,15-9-11-16-12-10-15)13-14-7-5-4-6-8-14/h3-12H,1,13H2,2H3/q+1. The van der Waals surface area contributed by atoms with E-state index in [0.29, 0.717) is 4.48 Å². The summed E-state index contributed by atoms with van der Waals surface area (Å²) in [7, 11) is 2.15. The van der Waals surface area contributed by atoms with Crippen molar-refractivity contribution in [3.05, 3.63) is 73.2 Å². The first-order chi connectivity index (χ1) is 8.24. The number of benzene rings is 1. The molecular formula is C15H17N2+. The van der Waals surface area contributed by atoms with E-state index in [1.54, 1.807) is 0 Å². The molecule has 1 aromatic carbocycles. The molecule has 0 spiro atoms. The van der Waals surface area contributed by atoms with Gasteiger partial charge in [-0.25, -0.2) is 0 Å². The predicted molar refractivity (Wildman–Crippen MR) is 72.3 cm³/mol. The van der Waals surface area contributed by atoms with Gasteiger partial charge in [0.15, 0.2) is 0 Å². The van der Waals surface area contributed by atoms with Crippen LogP contribution in [0.1, 0.15) is 5.56 Å². The fourth-order valence-electron chi connectivity index (χ4n) is 1.91. The summed E-state index contributed by atoms with van der Waals surface area (Å²) in [6, 6.07) is 14.5. The second-order valence-electron chi connectivity index (χ2n) is 4.30. The maximum Gasteiger partial charge on any atom is 0.140 e. The van der Waals surface area contributed by atoms with Crippen molar-refractivity contribution in [1.29, 1.82) is 0 Å². The minimum atomic E-state index is 0.673. The Hall–Kier alpha value is -1.93. The van der Waals surface area contributed by atoms with Crippen molar-refractivity contribution in [2.45, 2.75) is 6.54 Å². The van der Waals surface area contributed by atoms with E-state index in [1.165, 1.54) is 11.3 Å². The lowest BCUT2D eigenvalue weighted by Gasteiger charge is -2.29. The molecule has 1 heterocycles. The summed E-state index contributed by atoms with van der Waals surface area (Å²) in [5, 5.41) is 0. The molecule has 2 rings (SSSR count). The van der Waals surface area contributed by atoms with Crippen LogP contribution < -0.4 is 4.48 Å². The zero-order valence-corrected chi connectivity index (χ0v) is 10.1. The first-order valence-corrected chi connectivity index (χ1v) is 5.68. The van der Waals surface area contributed by atoms with Crippen molar-refractivity contribution in [2.75, 3.05) is 7.05 Å². The van der Waals surface area contributed by atoms with Crippen LogP contribution in [0.15, 0.2) is 67.6 Å². The lowest BCUT2D eigenvalue weighted by Crippen LogP contribution is -2.37. The zero-order chi connectivity index (χ0) is 12.1. The number of pyridine rings is 1. The number of hydrogen-bond acceptors (Lipinski definition) is 1. The van der Waals surface area contributed by atoms with Gasteiger partial charge in [0.2, 0.25) is 0 Å². The van der Waals surface area contributed by atoms with Crippen molar-refractivity contribution >= 4 is 5.69 Å². The van der Waals surface area contributed by atoms with Gasteiger partial charge in [0, 0.05) is 30.1 Å². The van der Waals surface area contributed by atoms with Gasteiger partial charge in [-0.1, -0.05) is 30.3 Å². The molecule has 2 aromatic rings. The fraction of sp³-hybridized carbons (Fsp3) is 0.133. The van der Waals surface area contributed by atoms with Crippen molar-refractivity contribution in [2.24, 2.45) is 0 Å². The lowest BCUT2D eigenvalue weighted by atomic mass is 10.2. The molecule has 0 N–H and O–H groups in total. The maximum atomic E-state index is 4.06. The van der Waals surface area contributed by atoms with Crippen LogP contribution in [0.5, 0.6) is 0 Å². The van der Waals surface area contributed by atoms with E-state index < -0.39 is 0 Å². The number of nitrogens with zero attached hydrogens (tertiary/aromatic N) is 2. The molecule has 1 atom stereocenters. The molecule has 86 valence electrons. The summed E-state index contributed by atoms with van der Waals surface area (Å²) in [6.45, 7) is 4.85. The van der Waals surface area contributed by atoms with Gasteiger partial charge < -0.3 is 0 Å². The third-order valence-corrected chi connectivity index (χ3v) is 3.01. The maximum absolute atomic E-state index is 4.06. The summed E-state index contributed by atoms with van der Waals surface area (Å²) < 4.78 is 0.673. The van der Waals surface area contributed by atoms with Crippen molar-refractivity contribution < 1.29 is 0 Å². The van der Waals surface area contributed by atoms with Crippen LogP contribution in [-0.4, -0.2) is 12.0 Å². The zero-order valence-electron chi connectivity index (χ0n) is 10.1. The average Bonchev–Trinajstić information content (AvgIpc) is 2.41. The molecule has 0 radical (unpaired) electrons. The Morgan fingerprint density at radius 3 is 2.35 bits per heavy atom. The molecule has 0 saturated carbocycles. The highest BCUT2D eigenvalue weighted by Gasteiger charge is 2.21. The normalized spacial score (nSPS) is 13.9. The smallest absolute Gasteiger partial charge is 0.140 e. The van der Waals surface area contributed by atoms with Crippen LogP contribution in [-0.2, 0) is 6.54 Å². The highest BCUT2D eigenvalue weighted by atomic mass is 15.3. The average molecular weight is 225 g/mol. The third kappa shape index (κ3) is 2.60. The van der Waals surface area contributed by atoms with Crippen molar-refractivity contribution in [1.82, 2.24) is 9.47 Å². The first-order valence-electron chi connectivity index (χ1n) is 5.68. The van der Waals surface area contributed by atoms with E-state index >= 15 is 0 Å². The molecule has 2 heteroatoms. The molecule has 17 heavy (non-hydrogen) atoms. The van der Waals surface area contributed by atoms with Crippen molar-refractivity contribution in [3.63, 3.8) is 0 Å². The molecule has 0 aliphatic heterocycles. The Bertz CT molecular complexity index is 479. The summed E-state index contributed by atoms with van der Waals surface area (Å²) in [5.74, 6) is 0. The molecule has 1 aromatic heterocycles. The molecule has 0 amide bonds. The van der Waals surface area contributed by atoms with Crippen LogP contribution in [0.3, 0.4) is 0 Å². The molecule has 1 unspecified atom stereocenters. The van der Waals surface area contributed by atoms with Crippen LogP contribution >= 0.6 is 0 Å². The minimum absolute atomic E-state index is 0.673. The Balaban J connectivity index is 2.30. The largest absolute Gasteiger partial charge is 0.264 e. The Morgan fingerprint density at radius 1 is 1.12 bits per heavy atom. The third-order valence-electron chi connectivity index (χ3n) is 3.01. The van der Waals surface area contributed by atoms with Gasteiger partial charge in [-0.2, -0.15) is 0 Å². The molecule has 0 aliphatic carbocycles. The minimum Gasteiger partial charge on any atom is -0.264 e. The van der Waals surface area contributed by atoms with Gasteiger partial charge >= 0.3 is 0 Å². The topological polar surface area (TPSA) is 12.9 Å². The van der Waals surface area contributed by atoms with Gasteiger partial charge in [-0.3, -0.25) is 9.47 Å². The lowest BCUT2D eigenvalue weighted by molar-refractivity contribution is 0.438. The number of rotatable bonds is 4. The summed E-state index contributed by atoms with van der Waals surface area (Å²) in [4.78, 5) is 4.06. The highest BCUT2D eigenvalue weighted by molar-refractivity contribution is 5.43. The van der Waals surface area contributed by atoms with Crippen LogP contribution in [0.2, 0.25) is 0 Å². The van der Waals surface area contributed by atoms with E-state index in [0.717, 1.165) is 6.54 Å². The van der Waals surface area contributed by atoms with Crippen LogP contribution in [0.25, 0.3) is 0 Å². The van der Waals surface area contributed by atoms with Crippen LogP contribution in [0.4, 0.5) is 5.69 Å². The molecule has 0 fully saturated rings. The monoisotopic (exact) mass is 225 g/mol. The second kappa shape index (κ2) is 4.93. The molecule has 2 nitrogen and oxygen atoms in total. The predicted octanol–water partition coefficient (Wildman–Crippen LogP) is 3.36. The Morgan fingerprint density at radius 2 is 1.76 bits per heavy atom. The van der Waals surface area contributed by atoms with Gasteiger partial charge in [0.1, 0.15) is 12.2 Å². The Kier molecular flexibility index (Phi) is 3.35. The summed E-state index contributed by atoms with van der Waals surface area (Å²) in [5.41, 5.74) is 2.49. The van der Waals surface area contributed by atoms with E-state index in [4.69, 9.17) is 0 Å². The van der Waals surface area contributed by atoms with Gasteiger partial charge in [0.05, 0.1) is 13.2 Å². The second-order valence-corrected chi connectivity index (χ2v) is 4.30. The molecule has 0 aliphatic rings. The SMILES string of the molecule is C=C[N+](C)(Cc1ccccc1)c1ccncc1. The quantitative estimate of drug-likeness (QED) is 0.727. The van der Waals surface area contributed by atoms with Crippen LogP contribution in [0, 0.1) is 0 Å². The first kappa shape index (κ1) is 11.6. The molecule has 0 bridgehead atoms. The van der Waals surface area contributed by atoms with Gasteiger partial charge in [0.25, 0.3) is 0 Å². The van der Waals surface area contributed by atoms with E-state index in [2.05, 4.69) is 42.9 Å². The number of hydrogen-bond donors (Lipinski definition) is 0. The molecule has 0 saturated heterocycles. The van der Waals surface area contributed by atoms with E-state index in [9.17, 15) is 0 Å². The Labute approximate surface area is 102 Å². The fourth-order valence-corrected chi connectivity index (χ4v) is 1.91. The highest BCUT2D eigenvalue weighted by Crippen LogP contribution is 2.23. The van der Waals surface area contributed by atoms with Gasteiger partial charge in [-0.15, -0.1) is 0 Å². The summed E-state index contributed by atoms with van der Waals surface area (Å²) in [6.07, 6.45) is 5.60. The van der Waals surface area contributed by atoms with E-state index in [1.807, 2.05) is 36.8 Å². The summed E-state index contributed by atoms with van der Waals surface area (Å²) >= 11 is 0. The number of quaternary nitrogens is 1. The van der Waals surface area contributed by atoms with Crippen molar-refractivity contribution in [3.8, 4) is 0 Å².